The molecule has 3 aromatic carbocycles. The topological polar surface area (TPSA) is 70.6 Å². The number of anilines is 1. The Hall–Kier alpha value is -3.73. The molecule has 4 rings (SSSR count). The third-order valence-corrected chi connectivity index (χ3v) is 5.62. The summed E-state index contributed by atoms with van der Waals surface area (Å²) in [7, 11) is 0. The molecule has 0 spiro atoms. The first-order valence-electron chi connectivity index (χ1n) is 10.4. The summed E-state index contributed by atoms with van der Waals surface area (Å²) in [6.45, 7) is 3.75. The Morgan fingerprint density at radius 3 is 2.45 bits per heavy atom. The molecule has 2 amide bonds. The summed E-state index contributed by atoms with van der Waals surface area (Å²) in [5.74, 6) is 0.0337. The van der Waals surface area contributed by atoms with Gasteiger partial charge in [0.05, 0.1) is 5.71 Å². The number of nitrogens with one attached hydrogen (secondary N) is 2. The zero-order valence-electron chi connectivity index (χ0n) is 17.6. The molecule has 5 nitrogen and oxygen atoms in total. The van der Waals surface area contributed by atoms with Crippen LogP contribution in [0.3, 0.4) is 0 Å². The highest BCUT2D eigenvalue weighted by molar-refractivity contribution is 6.06. The molecule has 1 saturated carbocycles. The van der Waals surface area contributed by atoms with Crippen molar-refractivity contribution in [1.29, 1.82) is 0 Å². The van der Waals surface area contributed by atoms with Crippen LogP contribution in [-0.4, -0.2) is 17.5 Å². The number of carbonyl (C=O) groups is 2. The van der Waals surface area contributed by atoms with Gasteiger partial charge < -0.3 is 5.32 Å². The molecular formula is C26H25N3O2. The third-order valence-electron chi connectivity index (χ3n) is 5.62. The first-order valence-corrected chi connectivity index (χ1v) is 10.4. The van der Waals surface area contributed by atoms with Crippen LogP contribution < -0.4 is 10.7 Å². The second-order valence-corrected chi connectivity index (χ2v) is 7.88. The number of amides is 2. The van der Waals surface area contributed by atoms with Crippen LogP contribution in [0.25, 0.3) is 0 Å². The van der Waals surface area contributed by atoms with Gasteiger partial charge in [0.1, 0.15) is 0 Å². The number of carbonyl (C=O) groups excluding carboxylic acids is 2. The second-order valence-electron chi connectivity index (χ2n) is 7.88. The van der Waals surface area contributed by atoms with Gasteiger partial charge in [0.25, 0.3) is 5.91 Å². The quantitative estimate of drug-likeness (QED) is 0.448. The molecule has 2 atom stereocenters. The Bertz CT molecular complexity index is 1140. The van der Waals surface area contributed by atoms with E-state index in [1.54, 1.807) is 6.07 Å². The molecule has 0 radical (unpaired) electrons. The van der Waals surface area contributed by atoms with Crippen LogP contribution in [-0.2, 0) is 4.79 Å². The lowest BCUT2D eigenvalue weighted by Gasteiger charge is -2.09. The van der Waals surface area contributed by atoms with E-state index in [2.05, 4.69) is 28.0 Å². The number of aryl methyl sites for hydroxylation is 1. The van der Waals surface area contributed by atoms with E-state index in [1.165, 1.54) is 5.56 Å². The van der Waals surface area contributed by atoms with E-state index in [9.17, 15) is 9.59 Å². The third kappa shape index (κ3) is 4.89. The van der Waals surface area contributed by atoms with Crippen LogP contribution in [0.4, 0.5) is 5.69 Å². The number of rotatable bonds is 6. The molecule has 0 aliphatic heterocycles. The van der Waals surface area contributed by atoms with E-state index >= 15 is 0 Å². The van der Waals surface area contributed by atoms with Crippen molar-refractivity contribution < 1.29 is 9.59 Å². The Kier molecular flexibility index (Phi) is 5.94. The Morgan fingerprint density at radius 1 is 0.935 bits per heavy atom. The maximum Gasteiger partial charge on any atom is 0.255 e. The van der Waals surface area contributed by atoms with Crippen LogP contribution in [0, 0.1) is 12.8 Å². The first kappa shape index (κ1) is 20.5. The molecule has 1 aliphatic carbocycles. The van der Waals surface area contributed by atoms with E-state index in [0.29, 0.717) is 17.0 Å². The van der Waals surface area contributed by atoms with Crippen LogP contribution in [0.15, 0.2) is 84.0 Å². The SMILES string of the molecule is CC(=NNC(=O)C1CC1c1ccccc1)c1cccc(NC(=O)c2ccccc2C)c1. The van der Waals surface area contributed by atoms with E-state index in [4.69, 9.17) is 0 Å². The average molecular weight is 412 g/mol. The van der Waals surface area contributed by atoms with E-state index in [-0.39, 0.29) is 23.7 Å². The minimum Gasteiger partial charge on any atom is -0.322 e. The van der Waals surface area contributed by atoms with Crippen LogP contribution in [0.2, 0.25) is 0 Å². The van der Waals surface area contributed by atoms with E-state index < -0.39 is 0 Å². The van der Waals surface area contributed by atoms with Gasteiger partial charge in [-0.3, -0.25) is 9.59 Å². The zero-order chi connectivity index (χ0) is 21.8. The van der Waals surface area contributed by atoms with Crippen molar-refractivity contribution in [3.63, 3.8) is 0 Å². The lowest BCUT2D eigenvalue weighted by Crippen LogP contribution is -2.21. The molecule has 3 aromatic rings. The summed E-state index contributed by atoms with van der Waals surface area (Å²) < 4.78 is 0. The van der Waals surface area contributed by atoms with Crippen molar-refractivity contribution in [2.75, 3.05) is 5.32 Å². The van der Waals surface area contributed by atoms with Gasteiger partial charge in [0, 0.05) is 17.2 Å². The molecule has 0 heterocycles. The highest BCUT2D eigenvalue weighted by atomic mass is 16.2. The molecule has 2 N–H and O–H groups in total. The largest absolute Gasteiger partial charge is 0.322 e. The van der Waals surface area contributed by atoms with Crippen molar-refractivity contribution in [3.8, 4) is 0 Å². The fourth-order valence-corrected chi connectivity index (χ4v) is 3.69. The number of hydrazone groups is 1. The summed E-state index contributed by atoms with van der Waals surface area (Å²) in [4.78, 5) is 25.0. The van der Waals surface area contributed by atoms with Crippen molar-refractivity contribution >= 4 is 23.2 Å². The Balaban J connectivity index is 1.38. The van der Waals surface area contributed by atoms with Gasteiger partial charge in [-0.2, -0.15) is 5.10 Å². The highest BCUT2D eigenvalue weighted by Crippen LogP contribution is 2.47. The van der Waals surface area contributed by atoms with Gasteiger partial charge in [0.15, 0.2) is 0 Å². The van der Waals surface area contributed by atoms with Crippen molar-refractivity contribution in [2.24, 2.45) is 11.0 Å². The van der Waals surface area contributed by atoms with Crippen molar-refractivity contribution in [1.82, 2.24) is 5.43 Å². The van der Waals surface area contributed by atoms with Gasteiger partial charge in [-0.25, -0.2) is 5.43 Å². The van der Waals surface area contributed by atoms with Crippen LogP contribution in [0.5, 0.6) is 0 Å². The Morgan fingerprint density at radius 2 is 1.68 bits per heavy atom. The highest BCUT2D eigenvalue weighted by Gasteiger charge is 2.43. The van der Waals surface area contributed by atoms with Crippen molar-refractivity contribution in [2.45, 2.75) is 26.2 Å². The second kappa shape index (κ2) is 8.96. The normalized spacial score (nSPS) is 17.7. The predicted molar refractivity (Wildman–Crippen MR) is 123 cm³/mol. The predicted octanol–water partition coefficient (Wildman–Crippen LogP) is 4.89. The summed E-state index contributed by atoms with van der Waals surface area (Å²) in [6.07, 6.45) is 0.852. The van der Waals surface area contributed by atoms with Gasteiger partial charge in [0.2, 0.25) is 5.91 Å². The van der Waals surface area contributed by atoms with Gasteiger partial charge in [-0.05, 0) is 61.1 Å². The van der Waals surface area contributed by atoms with Crippen LogP contribution in [0.1, 0.15) is 46.3 Å². The zero-order valence-corrected chi connectivity index (χ0v) is 17.6. The molecular weight excluding hydrogens is 386 g/mol. The fourth-order valence-electron chi connectivity index (χ4n) is 3.69. The minimum absolute atomic E-state index is 0.0290. The Labute approximate surface area is 182 Å². The van der Waals surface area contributed by atoms with Crippen molar-refractivity contribution in [3.05, 3.63) is 101 Å². The molecule has 1 fully saturated rings. The molecule has 1 aliphatic rings. The molecule has 5 heteroatoms. The number of nitrogens with zero attached hydrogens (tertiary/aromatic N) is 1. The molecule has 0 bridgehead atoms. The first-order chi connectivity index (χ1) is 15.0. The van der Waals surface area contributed by atoms with Gasteiger partial charge in [-0.1, -0.05) is 60.7 Å². The summed E-state index contributed by atoms with van der Waals surface area (Å²) in [5, 5.41) is 7.21. The maximum absolute atomic E-state index is 12.6. The molecule has 156 valence electrons. The molecule has 0 saturated heterocycles. The fraction of sp³-hybridized carbons (Fsp3) is 0.192. The van der Waals surface area contributed by atoms with E-state index in [0.717, 1.165) is 17.5 Å². The monoisotopic (exact) mass is 411 g/mol. The van der Waals surface area contributed by atoms with Gasteiger partial charge >= 0.3 is 0 Å². The number of hydrogen-bond acceptors (Lipinski definition) is 3. The molecule has 2 unspecified atom stereocenters. The average Bonchev–Trinajstić information content (AvgIpc) is 3.59. The summed E-state index contributed by atoms with van der Waals surface area (Å²) in [5.41, 5.74) is 7.64. The molecule has 31 heavy (non-hydrogen) atoms. The van der Waals surface area contributed by atoms with E-state index in [1.807, 2.05) is 74.5 Å². The minimum atomic E-state index is -0.154. The standard InChI is InChI=1S/C26H25N3O2/c1-17-9-6-7-14-22(17)25(30)27-21-13-8-12-20(15-21)18(2)28-29-26(31)24-16-23(24)19-10-4-3-5-11-19/h3-15,23-24H,16H2,1-2H3,(H,27,30)(H,29,31). The maximum atomic E-state index is 12.6. The van der Waals surface area contributed by atoms with Gasteiger partial charge in [-0.15, -0.1) is 0 Å². The summed E-state index contributed by atoms with van der Waals surface area (Å²) >= 11 is 0. The summed E-state index contributed by atoms with van der Waals surface area (Å²) in [6, 6.07) is 25.0. The number of benzene rings is 3. The lowest BCUT2D eigenvalue weighted by atomic mass is 10.1. The molecule has 0 aromatic heterocycles. The lowest BCUT2D eigenvalue weighted by molar-refractivity contribution is -0.122. The smallest absolute Gasteiger partial charge is 0.255 e. The number of hydrogen-bond donors (Lipinski definition) is 2. The van der Waals surface area contributed by atoms with Crippen LogP contribution >= 0.6 is 0 Å².